The molecule has 0 saturated heterocycles. The summed E-state index contributed by atoms with van der Waals surface area (Å²) < 4.78 is 0. The van der Waals surface area contributed by atoms with E-state index in [4.69, 9.17) is 5.73 Å². The summed E-state index contributed by atoms with van der Waals surface area (Å²) in [6.45, 7) is 0. The van der Waals surface area contributed by atoms with Crippen LogP contribution in [-0.2, 0) is 19.3 Å². The van der Waals surface area contributed by atoms with Crippen molar-refractivity contribution >= 4 is 0 Å². The number of fused-ring (bicyclic) bond motifs is 1. The van der Waals surface area contributed by atoms with Gasteiger partial charge in [0.1, 0.15) is 5.75 Å². The van der Waals surface area contributed by atoms with Gasteiger partial charge in [-0.2, -0.15) is 0 Å². The zero-order valence-electron chi connectivity index (χ0n) is 10.3. The van der Waals surface area contributed by atoms with E-state index in [0.29, 0.717) is 5.75 Å². The van der Waals surface area contributed by atoms with Gasteiger partial charge in [0.2, 0.25) is 0 Å². The number of benzene rings is 2. The van der Waals surface area contributed by atoms with Gasteiger partial charge in [0.25, 0.3) is 0 Å². The fourth-order valence-corrected chi connectivity index (χ4v) is 2.92. The highest BCUT2D eigenvalue weighted by Crippen LogP contribution is 2.31. The van der Waals surface area contributed by atoms with Crippen LogP contribution in [-0.4, -0.2) is 10.6 Å². The maximum atomic E-state index is 9.50. The fourth-order valence-electron chi connectivity index (χ4n) is 2.92. The van der Waals surface area contributed by atoms with Crippen LogP contribution in [0.25, 0.3) is 0 Å². The van der Waals surface area contributed by atoms with Crippen molar-refractivity contribution in [3.05, 3.63) is 65.2 Å². The van der Waals surface area contributed by atoms with Gasteiger partial charge >= 0.3 is 0 Å². The summed E-state index contributed by atoms with van der Waals surface area (Å²) in [4.78, 5) is 0. The van der Waals surface area contributed by atoms with Crippen LogP contribution in [0, 0.1) is 0 Å². The average molecular weight is 239 g/mol. The van der Waals surface area contributed by atoms with E-state index in [1.807, 2.05) is 12.1 Å². The zero-order chi connectivity index (χ0) is 12.6. The largest absolute Gasteiger partial charge is 0.508 e. The van der Waals surface area contributed by atoms with Crippen molar-refractivity contribution in [1.29, 1.82) is 0 Å². The van der Waals surface area contributed by atoms with E-state index >= 15 is 0 Å². The molecule has 1 aliphatic carbocycles. The lowest BCUT2D eigenvalue weighted by Gasteiger charge is -2.23. The standard InChI is InChI=1S/C16H17NO/c17-16(9-12-4-3-7-15(18)8-12)10-13-5-1-2-6-14(13)11-16/h1-8,18H,9-11,17H2. The zero-order valence-corrected chi connectivity index (χ0v) is 10.3. The Labute approximate surface area is 107 Å². The number of phenols is 1. The lowest BCUT2D eigenvalue weighted by Crippen LogP contribution is -2.42. The van der Waals surface area contributed by atoms with Crippen LogP contribution in [0.2, 0.25) is 0 Å². The van der Waals surface area contributed by atoms with Gasteiger partial charge in [-0.05, 0) is 48.1 Å². The van der Waals surface area contributed by atoms with Gasteiger partial charge in [-0.1, -0.05) is 36.4 Å². The summed E-state index contributed by atoms with van der Waals surface area (Å²) >= 11 is 0. The lowest BCUT2D eigenvalue weighted by molar-refractivity contribution is 0.442. The van der Waals surface area contributed by atoms with Crippen molar-refractivity contribution in [2.75, 3.05) is 0 Å². The number of hydrogen-bond acceptors (Lipinski definition) is 2. The summed E-state index contributed by atoms with van der Waals surface area (Å²) in [5.41, 5.74) is 10.1. The maximum Gasteiger partial charge on any atom is 0.115 e. The normalized spacial score (nSPS) is 16.5. The lowest BCUT2D eigenvalue weighted by atomic mass is 9.89. The molecule has 0 spiro atoms. The number of phenolic OH excluding ortho intramolecular Hbond substituents is 1. The van der Waals surface area contributed by atoms with Gasteiger partial charge in [0.15, 0.2) is 0 Å². The highest BCUT2D eigenvalue weighted by Gasteiger charge is 2.33. The summed E-state index contributed by atoms with van der Waals surface area (Å²) in [5.74, 6) is 0.312. The molecule has 0 radical (unpaired) electrons. The minimum Gasteiger partial charge on any atom is -0.508 e. The Morgan fingerprint density at radius 2 is 1.67 bits per heavy atom. The van der Waals surface area contributed by atoms with E-state index < -0.39 is 0 Å². The number of hydrogen-bond donors (Lipinski definition) is 2. The highest BCUT2D eigenvalue weighted by atomic mass is 16.3. The van der Waals surface area contributed by atoms with Crippen LogP contribution in [0.1, 0.15) is 16.7 Å². The summed E-state index contributed by atoms with van der Waals surface area (Å²) in [5, 5.41) is 9.50. The van der Waals surface area contributed by atoms with Gasteiger partial charge in [-0.3, -0.25) is 0 Å². The molecule has 2 nitrogen and oxygen atoms in total. The van der Waals surface area contributed by atoms with Crippen molar-refractivity contribution in [2.45, 2.75) is 24.8 Å². The van der Waals surface area contributed by atoms with Crippen LogP contribution in [0.3, 0.4) is 0 Å². The van der Waals surface area contributed by atoms with Crippen molar-refractivity contribution in [2.24, 2.45) is 5.73 Å². The minimum atomic E-state index is -0.211. The Hall–Kier alpha value is -1.80. The highest BCUT2D eigenvalue weighted by molar-refractivity contribution is 5.38. The molecule has 0 amide bonds. The van der Waals surface area contributed by atoms with Crippen molar-refractivity contribution in [3.63, 3.8) is 0 Å². The van der Waals surface area contributed by atoms with E-state index in [1.165, 1.54) is 11.1 Å². The van der Waals surface area contributed by atoms with Gasteiger partial charge in [-0.25, -0.2) is 0 Å². The van der Waals surface area contributed by atoms with Crippen LogP contribution < -0.4 is 5.73 Å². The summed E-state index contributed by atoms with van der Waals surface area (Å²) in [6, 6.07) is 15.8. The Morgan fingerprint density at radius 3 is 2.28 bits per heavy atom. The first-order chi connectivity index (χ1) is 8.65. The third kappa shape index (κ3) is 2.12. The Kier molecular flexibility index (Phi) is 2.60. The smallest absolute Gasteiger partial charge is 0.115 e. The second-order valence-electron chi connectivity index (χ2n) is 5.33. The first kappa shape index (κ1) is 11.3. The van der Waals surface area contributed by atoms with Crippen molar-refractivity contribution in [1.82, 2.24) is 0 Å². The van der Waals surface area contributed by atoms with Gasteiger partial charge in [-0.15, -0.1) is 0 Å². The topological polar surface area (TPSA) is 46.2 Å². The molecule has 0 unspecified atom stereocenters. The number of nitrogens with two attached hydrogens (primary N) is 1. The molecular formula is C16H17NO. The molecule has 0 atom stereocenters. The molecule has 1 aliphatic rings. The van der Waals surface area contributed by atoms with Gasteiger partial charge < -0.3 is 10.8 Å². The molecule has 2 heteroatoms. The summed E-state index contributed by atoms with van der Waals surface area (Å²) in [7, 11) is 0. The molecule has 3 rings (SSSR count). The SMILES string of the molecule is NC1(Cc2cccc(O)c2)Cc2ccccc2C1. The van der Waals surface area contributed by atoms with Crippen LogP contribution in [0.15, 0.2) is 48.5 Å². The summed E-state index contributed by atoms with van der Waals surface area (Å²) in [6.07, 6.45) is 2.63. The first-order valence-corrected chi connectivity index (χ1v) is 6.28. The monoisotopic (exact) mass is 239 g/mol. The molecule has 0 fully saturated rings. The van der Waals surface area contributed by atoms with Crippen molar-refractivity contribution < 1.29 is 5.11 Å². The minimum absolute atomic E-state index is 0.211. The molecular weight excluding hydrogens is 222 g/mol. The van der Waals surface area contributed by atoms with Gasteiger partial charge in [0, 0.05) is 5.54 Å². The molecule has 2 aromatic rings. The van der Waals surface area contributed by atoms with E-state index in [-0.39, 0.29) is 5.54 Å². The first-order valence-electron chi connectivity index (χ1n) is 6.28. The molecule has 2 aromatic carbocycles. The molecule has 18 heavy (non-hydrogen) atoms. The predicted octanol–water partition coefficient (Wildman–Crippen LogP) is 2.43. The van der Waals surface area contributed by atoms with Crippen molar-refractivity contribution in [3.8, 4) is 5.75 Å². The van der Waals surface area contributed by atoms with Crippen LogP contribution >= 0.6 is 0 Å². The van der Waals surface area contributed by atoms with Gasteiger partial charge in [0.05, 0.1) is 0 Å². The maximum absolute atomic E-state index is 9.50. The molecule has 0 aromatic heterocycles. The van der Waals surface area contributed by atoms with E-state index in [2.05, 4.69) is 24.3 Å². The molecule has 3 N–H and O–H groups in total. The van der Waals surface area contributed by atoms with Crippen LogP contribution in [0.5, 0.6) is 5.75 Å². The quantitative estimate of drug-likeness (QED) is 0.845. The molecule has 0 bridgehead atoms. The second kappa shape index (κ2) is 4.14. The third-order valence-electron chi connectivity index (χ3n) is 3.67. The Bertz CT molecular complexity index is 552. The van der Waals surface area contributed by atoms with E-state index in [0.717, 1.165) is 24.8 Å². The number of aromatic hydroxyl groups is 1. The predicted molar refractivity (Wildman–Crippen MR) is 72.6 cm³/mol. The molecule has 0 aliphatic heterocycles. The Balaban J connectivity index is 1.83. The van der Waals surface area contributed by atoms with E-state index in [9.17, 15) is 5.11 Å². The number of rotatable bonds is 2. The third-order valence-corrected chi connectivity index (χ3v) is 3.67. The average Bonchev–Trinajstić information content (AvgIpc) is 2.64. The van der Waals surface area contributed by atoms with E-state index in [1.54, 1.807) is 12.1 Å². The van der Waals surface area contributed by atoms with Crippen LogP contribution in [0.4, 0.5) is 0 Å². The molecule has 92 valence electrons. The second-order valence-corrected chi connectivity index (χ2v) is 5.33. The fraction of sp³-hybridized carbons (Fsp3) is 0.250. The molecule has 0 saturated carbocycles. The Morgan fingerprint density at radius 1 is 1.00 bits per heavy atom. The molecule has 0 heterocycles.